The molecule has 2 aromatic heterocycles. The van der Waals surface area contributed by atoms with Crippen molar-refractivity contribution in [1.29, 1.82) is 0 Å². The van der Waals surface area contributed by atoms with Crippen molar-refractivity contribution in [3.63, 3.8) is 0 Å². The van der Waals surface area contributed by atoms with E-state index in [2.05, 4.69) is 25.9 Å². The minimum Gasteiger partial charge on any atom is -0.368 e. The maximum absolute atomic E-state index is 11.1. The second-order valence-electron chi connectivity index (χ2n) is 3.03. The summed E-state index contributed by atoms with van der Waals surface area (Å²) in [5.41, 5.74) is 11.1. The van der Waals surface area contributed by atoms with Gasteiger partial charge in [-0.25, -0.2) is 4.98 Å². The van der Waals surface area contributed by atoms with E-state index in [1.54, 1.807) is 22.9 Å². The summed E-state index contributed by atoms with van der Waals surface area (Å²) in [6, 6.07) is 3.27. The van der Waals surface area contributed by atoms with Crippen LogP contribution in [0.4, 0.5) is 5.95 Å². The number of carbonyl (C=O) groups is 1. The van der Waals surface area contributed by atoms with E-state index in [-0.39, 0.29) is 5.95 Å². The van der Waals surface area contributed by atoms with Crippen molar-refractivity contribution < 1.29 is 4.79 Å². The predicted octanol–water partition coefficient (Wildman–Crippen LogP) is 0.711. The molecule has 0 unspecified atom stereocenters. The third kappa shape index (κ3) is 1.76. The van der Waals surface area contributed by atoms with E-state index in [0.29, 0.717) is 16.0 Å². The van der Waals surface area contributed by atoms with Crippen molar-refractivity contribution in [1.82, 2.24) is 14.5 Å². The van der Waals surface area contributed by atoms with Crippen molar-refractivity contribution in [3.05, 3.63) is 34.7 Å². The standard InChI is InChI=1S/C9H8BrN5O/c10-7-5(8(11)16)2-4-15(7)6-1-3-13-9(12)14-6/h1-4H,(H2,11,16)(H2,12,13,14). The minimum absolute atomic E-state index is 0.165. The number of nitrogen functional groups attached to an aromatic ring is 1. The Bertz CT molecular complexity index is 551. The van der Waals surface area contributed by atoms with E-state index in [4.69, 9.17) is 11.5 Å². The summed E-state index contributed by atoms with van der Waals surface area (Å²) in [4.78, 5) is 18.9. The number of aromatic nitrogens is 3. The Hall–Kier alpha value is -1.89. The summed E-state index contributed by atoms with van der Waals surface area (Å²) in [5.74, 6) is 0.221. The highest BCUT2D eigenvalue weighted by Gasteiger charge is 2.12. The summed E-state index contributed by atoms with van der Waals surface area (Å²) in [7, 11) is 0. The van der Waals surface area contributed by atoms with Crippen LogP contribution in [0.15, 0.2) is 29.1 Å². The monoisotopic (exact) mass is 281 g/mol. The molecular weight excluding hydrogens is 274 g/mol. The van der Waals surface area contributed by atoms with E-state index >= 15 is 0 Å². The molecule has 0 aliphatic rings. The zero-order chi connectivity index (χ0) is 11.7. The molecule has 1 amide bonds. The first-order valence-corrected chi connectivity index (χ1v) is 5.14. The molecule has 0 fully saturated rings. The van der Waals surface area contributed by atoms with Gasteiger partial charge in [-0.1, -0.05) is 0 Å². The number of nitrogens with two attached hydrogens (primary N) is 2. The average Bonchev–Trinajstić information content (AvgIpc) is 2.60. The molecule has 4 N–H and O–H groups in total. The van der Waals surface area contributed by atoms with Gasteiger partial charge in [0, 0.05) is 12.4 Å². The van der Waals surface area contributed by atoms with Crippen LogP contribution >= 0.6 is 15.9 Å². The Morgan fingerprint density at radius 3 is 2.75 bits per heavy atom. The fourth-order valence-electron chi connectivity index (χ4n) is 1.27. The summed E-state index contributed by atoms with van der Waals surface area (Å²) in [5, 5.41) is 0. The number of hydrogen-bond acceptors (Lipinski definition) is 4. The molecule has 0 atom stereocenters. The SMILES string of the molecule is NC(=O)c1ccn(-c2ccnc(N)n2)c1Br. The second-order valence-corrected chi connectivity index (χ2v) is 3.78. The maximum atomic E-state index is 11.1. The number of halogens is 1. The van der Waals surface area contributed by atoms with Crippen LogP contribution in [0.2, 0.25) is 0 Å². The van der Waals surface area contributed by atoms with Crippen molar-refractivity contribution in [3.8, 4) is 5.82 Å². The highest BCUT2D eigenvalue weighted by Crippen LogP contribution is 2.21. The normalized spacial score (nSPS) is 10.3. The summed E-state index contributed by atoms with van der Waals surface area (Å²) in [6.07, 6.45) is 3.21. The van der Waals surface area contributed by atoms with Crippen molar-refractivity contribution in [2.75, 3.05) is 5.73 Å². The minimum atomic E-state index is -0.507. The molecule has 0 aliphatic heterocycles. The highest BCUT2D eigenvalue weighted by molar-refractivity contribution is 9.10. The molecule has 0 aliphatic carbocycles. The van der Waals surface area contributed by atoms with Crippen molar-refractivity contribution in [2.45, 2.75) is 0 Å². The average molecular weight is 282 g/mol. The smallest absolute Gasteiger partial charge is 0.251 e. The van der Waals surface area contributed by atoms with Gasteiger partial charge in [-0.05, 0) is 28.1 Å². The number of amides is 1. The zero-order valence-electron chi connectivity index (χ0n) is 8.09. The zero-order valence-corrected chi connectivity index (χ0v) is 9.68. The third-order valence-electron chi connectivity index (χ3n) is 2.00. The summed E-state index contributed by atoms with van der Waals surface area (Å²) >= 11 is 3.27. The topological polar surface area (TPSA) is 99.8 Å². The van der Waals surface area contributed by atoms with Crippen LogP contribution in [0.25, 0.3) is 5.82 Å². The third-order valence-corrected chi connectivity index (χ3v) is 2.81. The molecular formula is C9H8BrN5O. The number of carbonyl (C=O) groups excluding carboxylic acids is 1. The van der Waals surface area contributed by atoms with Gasteiger partial charge in [0.15, 0.2) is 0 Å². The van der Waals surface area contributed by atoms with E-state index < -0.39 is 5.91 Å². The quantitative estimate of drug-likeness (QED) is 0.847. The lowest BCUT2D eigenvalue weighted by molar-refractivity contribution is 0.0999. The first-order valence-electron chi connectivity index (χ1n) is 4.35. The van der Waals surface area contributed by atoms with Gasteiger partial charge in [0.25, 0.3) is 5.91 Å². The van der Waals surface area contributed by atoms with E-state index in [1.807, 2.05) is 0 Å². The van der Waals surface area contributed by atoms with Gasteiger partial charge in [0.05, 0.1) is 5.56 Å². The van der Waals surface area contributed by atoms with E-state index in [0.717, 1.165) is 0 Å². The molecule has 0 bridgehead atoms. The number of rotatable bonds is 2. The van der Waals surface area contributed by atoms with Crippen LogP contribution in [0.5, 0.6) is 0 Å². The molecule has 0 radical (unpaired) electrons. The van der Waals surface area contributed by atoms with Gasteiger partial charge >= 0.3 is 0 Å². The molecule has 0 aromatic carbocycles. The predicted molar refractivity (Wildman–Crippen MR) is 62.0 cm³/mol. The largest absolute Gasteiger partial charge is 0.368 e. The molecule has 16 heavy (non-hydrogen) atoms. The Balaban J connectivity index is 2.53. The van der Waals surface area contributed by atoms with E-state index in [1.165, 1.54) is 6.20 Å². The number of hydrogen-bond donors (Lipinski definition) is 2. The molecule has 82 valence electrons. The lowest BCUT2D eigenvalue weighted by atomic mass is 10.3. The number of anilines is 1. The van der Waals surface area contributed by atoms with Crippen LogP contribution in [-0.4, -0.2) is 20.4 Å². The lowest BCUT2D eigenvalue weighted by Crippen LogP contribution is -2.11. The molecule has 7 heteroatoms. The molecule has 2 aromatic rings. The lowest BCUT2D eigenvalue weighted by Gasteiger charge is -2.04. The fourth-order valence-corrected chi connectivity index (χ4v) is 1.90. The van der Waals surface area contributed by atoms with Gasteiger partial charge in [0.1, 0.15) is 10.4 Å². The maximum Gasteiger partial charge on any atom is 0.251 e. The second kappa shape index (κ2) is 3.93. The van der Waals surface area contributed by atoms with Crippen LogP contribution in [0, 0.1) is 0 Å². The van der Waals surface area contributed by atoms with E-state index in [9.17, 15) is 4.79 Å². The van der Waals surface area contributed by atoms with Crippen LogP contribution in [0.3, 0.4) is 0 Å². The van der Waals surface area contributed by atoms with Crippen LogP contribution < -0.4 is 11.5 Å². The molecule has 6 nitrogen and oxygen atoms in total. The summed E-state index contributed by atoms with van der Waals surface area (Å²) < 4.78 is 2.19. The molecule has 2 heterocycles. The first kappa shape index (κ1) is 10.6. The van der Waals surface area contributed by atoms with Gasteiger partial charge in [0.2, 0.25) is 5.95 Å². The van der Waals surface area contributed by atoms with Crippen LogP contribution in [0.1, 0.15) is 10.4 Å². The van der Waals surface area contributed by atoms with Gasteiger partial charge < -0.3 is 11.5 Å². The molecule has 0 saturated heterocycles. The van der Waals surface area contributed by atoms with Crippen molar-refractivity contribution >= 4 is 27.8 Å². The molecule has 2 rings (SSSR count). The number of nitrogens with zero attached hydrogens (tertiary/aromatic N) is 3. The first-order chi connectivity index (χ1) is 7.59. The Kier molecular flexibility index (Phi) is 2.61. The fraction of sp³-hybridized carbons (Fsp3) is 0. The Morgan fingerprint density at radius 1 is 1.44 bits per heavy atom. The number of primary amides is 1. The van der Waals surface area contributed by atoms with Crippen molar-refractivity contribution in [2.24, 2.45) is 5.73 Å². The van der Waals surface area contributed by atoms with Gasteiger partial charge in [-0.3, -0.25) is 9.36 Å². The van der Waals surface area contributed by atoms with Crippen LogP contribution in [-0.2, 0) is 0 Å². The molecule has 0 spiro atoms. The highest BCUT2D eigenvalue weighted by atomic mass is 79.9. The van der Waals surface area contributed by atoms with Gasteiger partial charge in [-0.2, -0.15) is 4.98 Å². The Labute approximate surface area is 99.4 Å². The van der Waals surface area contributed by atoms with Gasteiger partial charge in [-0.15, -0.1) is 0 Å². The summed E-state index contributed by atoms with van der Waals surface area (Å²) in [6.45, 7) is 0. The molecule has 0 saturated carbocycles. The Morgan fingerprint density at radius 2 is 2.19 bits per heavy atom.